The second-order valence-electron chi connectivity index (χ2n) is 9.81. The van der Waals surface area contributed by atoms with Gasteiger partial charge in [-0.15, -0.1) is 0 Å². The maximum atomic E-state index is 11.3. The minimum atomic E-state index is -0.947. The third-order valence-corrected chi connectivity index (χ3v) is 6.90. The molecule has 1 fully saturated rings. The monoisotopic (exact) mass is 516 g/mol. The number of esters is 1. The van der Waals surface area contributed by atoms with Crippen molar-refractivity contribution >= 4 is 5.97 Å². The topological polar surface area (TPSA) is 74.2 Å². The van der Waals surface area contributed by atoms with Crippen molar-refractivity contribution in [1.29, 1.82) is 0 Å². The molecule has 1 aromatic rings. The van der Waals surface area contributed by atoms with Crippen molar-refractivity contribution in [1.82, 2.24) is 0 Å². The number of benzene rings is 1. The molecule has 1 N–H and O–H groups in total. The van der Waals surface area contributed by atoms with E-state index in [1.807, 2.05) is 0 Å². The fourth-order valence-electron chi connectivity index (χ4n) is 5.04. The second kappa shape index (κ2) is 18.0. The summed E-state index contributed by atoms with van der Waals surface area (Å²) in [5.74, 6) is 2.28. The molecule has 1 saturated carbocycles. The van der Waals surface area contributed by atoms with Gasteiger partial charge in [0.05, 0.1) is 26.4 Å². The molecule has 1 unspecified atom stereocenters. The lowest BCUT2D eigenvalue weighted by atomic mass is 9.81. The van der Waals surface area contributed by atoms with Gasteiger partial charge < -0.3 is 24.1 Å². The number of aliphatic hydroxyl groups is 1. The van der Waals surface area contributed by atoms with Crippen molar-refractivity contribution in [3.05, 3.63) is 48.6 Å². The normalized spacial score (nSPS) is 14.8. The lowest BCUT2D eigenvalue weighted by molar-refractivity contribution is -0.137. The van der Waals surface area contributed by atoms with Crippen molar-refractivity contribution < 1.29 is 28.8 Å². The first-order chi connectivity index (χ1) is 18.0. The maximum Gasteiger partial charge on any atom is 0.330 e. The smallest absolute Gasteiger partial charge is 0.330 e. The van der Waals surface area contributed by atoms with Crippen LogP contribution in [0.25, 0.3) is 0 Å². The van der Waals surface area contributed by atoms with Crippen LogP contribution in [0.1, 0.15) is 107 Å². The van der Waals surface area contributed by atoms with Gasteiger partial charge in [-0.1, -0.05) is 59.1 Å². The van der Waals surface area contributed by atoms with Crippen LogP contribution < -0.4 is 9.47 Å². The molecule has 6 nitrogen and oxygen atoms in total. The molecule has 1 atom stereocenters. The lowest BCUT2D eigenvalue weighted by Crippen LogP contribution is -2.14. The molecule has 0 amide bonds. The molecule has 208 valence electrons. The van der Waals surface area contributed by atoms with E-state index in [0.29, 0.717) is 51.1 Å². The summed E-state index contributed by atoms with van der Waals surface area (Å²) in [6.07, 6.45) is 13.5. The van der Waals surface area contributed by atoms with Crippen molar-refractivity contribution in [3.8, 4) is 11.5 Å². The van der Waals surface area contributed by atoms with Gasteiger partial charge in [0.1, 0.15) is 11.5 Å². The zero-order chi connectivity index (χ0) is 26.9. The first-order valence-electron chi connectivity index (χ1n) is 14.2. The van der Waals surface area contributed by atoms with Crippen LogP contribution >= 0.6 is 0 Å². The van der Waals surface area contributed by atoms with Crippen molar-refractivity contribution in [2.75, 3.05) is 26.4 Å². The summed E-state index contributed by atoms with van der Waals surface area (Å²) in [5, 5.41) is 9.53. The number of rotatable bonds is 19. The van der Waals surface area contributed by atoms with Gasteiger partial charge in [-0.2, -0.15) is 0 Å². The molecule has 0 radical (unpaired) electrons. The SMILES string of the molecule is C=CC(=O)OCCCOc1cc(OCCCOC(O)C=C)c(C2CCCCC2)cc1C(CCC)CCC. The number of hydrogen-bond acceptors (Lipinski definition) is 6. The Morgan fingerprint density at radius 1 is 0.973 bits per heavy atom. The summed E-state index contributed by atoms with van der Waals surface area (Å²) in [4.78, 5) is 11.3. The second-order valence-corrected chi connectivity index (χ2v) is 9.81. The Balaban J connectivity index is 2.27. The van der Waals surface area contributed by atoms with Crippen LogP contribution in [-0.2, 0) is 14.3 Å². The summed E-state index contributed by atoms with van der Waals surface area (Å²) in [6, 6.07) is 4.46. The van der Waals surface area contributed by atoms with E-state index in [0.717, 1.165) is 37.2 Å². The Kier molecular flexibility index (Phi) is 15.1. The molecule has 0 bridgehead atoms. The van der Waals surface area contributed by atoms with Crippen molar-refractivity contribution in [2.24, 2.45) is 0 Å². The molecule has 0 saturated heterocycles. The van der Waals surface area contributed by atoms with Crippen molar-refractivity contribution in [2.45, 2.75) is 103 Å². The van der Waals surface area contributed by atoms with E-state index < -0.39 is 12.3 Å². The Morgan fingerprint density at radius 3 is 2.24 bits per heavy atom. The highest BCUT2D eigenvalue weighted by Crippen LogP contribution is 2.44. The number of ether oxygens (including phenoxy) is 4. The molecule has 0 aliphatic heterocycles. The third-order valence-electron chi connectivity index (χ3n) is 6.90. The molecule has 0 spiro atoms. The lowest BCUT2D eigenvalue weighted by Gasteiger charge is -2.28. The minimum absolute atomic E-state index is 0.299. The van der Waals surface area contributed by atoms with Crippen molar-refractivity contribution in [3.63, 3.8) is 0 Å². The largest absolute Gasteiger partial charge is 0.493 e. The van der Waals surface area contributed by atoms with Crippen LogP contribution in [0.3, 0.4) is 0 Å². The van der Waals surface area contributed by atoms with Crippen LogP contribution in [0.2, 0.25) is 0 Å². The predicted octanol–water partition coefficient (Wildman–Crippen LogP) is 7.21. The molecule has 1 aliphatic carbocycles. The molecular formula is C31H48O6. The zero-order valence-corrected chi connectivity index (χ0v) is 23.1. The summed E-state index contributed by atoms with van der Waals surface area (Å²) in [6.45, 7) is 13.1. The van der Waals surface area contributed by atoms with Crippen LogP contribution in [0, 0.1) is 0 Å². The Morgan fingerprint density at radius 2 is 1.62 bits per heavy atom. The van der Waals surface area contributed by atoms with Gasteiger partial charge in [0, 0.05) is 25.0 Å². The highest BCUT2D eigenvalue weighted by Gasteiger charge is 2.25. The van der Waals surface area contributed by atoms with E-state index >= 15 is 0 Å². The molecule has 0 heterocycles. The van der Waals surface area contributed by atoms with E-state index in [9.17, 15) is 9.90 Å². The van der Waals surface area contributed by atoms with E-state index in [-0.39, 0.29) is 0 Å². The predicted molar refractivity (Wildman–Crippen MR) is 148 cm³/mol. The van der Waals surface area contributed by atoms with Gasteiger partial charge in [-0.25, -0.2) is 4.79 Å². The van der Waals surface area contributed by atoms with E-state index in [1.54, 1.807) is 0 Å². The van der Waals surface area contributed by atoms with E-state index in [2.05, 4.69) is 39.1 Å². The van der Waals surface area contributed by atoms with Gasteiger partial charge in [0.25, 0.3) is 0 Å². The van der Waals surface area contributed by atoms with Crippen LogP contribution in [0.4, 0.5) is 0 Å². The number of hydrogen-bond donors (Lipinski definition) is 1. The third kappa shape index (κ3) is 10.9. The van der Waals surface area contributed by atoms with Gasteiger partial charge in [-0.3, -0.25) is 0 Å². The highest BCUT2D eigenvalue weighted by atomic mass is 16.6. The summed E-state index contributed by atoms with van der Waals surface area (Å²) in [5.41, 5.74) is 2.57. The Hall–Kier alpha value is -2.31. The molecule has 1 aromatic carbocycles. The Labute approximate surface area is 224 Å². The maximum absolute atomic E-state index is 11.3. The van der Waals surface area contributed by atoms with Crippen LogP contribution in [0.5, 0.6) is 11.5 Å². The molecule has 0 aromatic heterocycles. The standard InChI is InChI=1S/C31H48O6/c1-5-14-24(15-6-2)26-22-27(25-16-10-9-11-17-25)29(35-19-13-21-37-31(33)8-4)23-28(26)34-18-12-20-36-30(32)7-3/h7-8,22-25,31,33H,3-6,9-21H2,1-2H3. The molecule has 2 rings (SSSR count). The summed E-state index contributed by atoms with van der Waals surface area (Å²) in [7, 11) is 0. The number of carbonyl (C=O) groups is 1. The summed E-state index contributed by atoms with van der Waals surface area (Å²) < 4.78 is 23.0. The Bertz CT molecular complexity index is 808. The van der Waals surface area contributed by atoms with Gasteiger partial charge in [0.2, 0.25) is 0 Å². The number of carbonyl (C=O) groups excluding carboxylic acids is 1. The first kappa shape index (κ1) is 30.9. The number of aliphatic hydroxyl groups excluding tert-OH is 1. The fourth-order valence-corrected chi connectivity index (χ4v) is 5.04. The molecular weight excluding hydrogens is 468 g/mol. The summed E-state index contributed by atoms with van der Waals surface area (Å²) >= 11 is 0. The molecule has 37 heavy (non-hydrogen) atoms. The molecule has 6 heteroatoms. The average Bonchev–Trinajstić information content (AvgIpc) is 2.92. The van der Waals surface area contributed by atoms with Crippen LogP contribution in [0.15, 0.2) is 37.4 Å². The zero-order valence-electron chi connectivity index (χ0n) is 23.1. The van der Waals surface area contributed by atoms with Gasteiger partial charge in [-0.05, 0) is 60.8 Å². The van der Waals surface area contributed by atoms with E-state index in [4.69, 9.17) is 18.9 Å². The first-order valence-corrected chi connectivity index (χ1v) is 14.2. The molecule has 1 aliphatic rings. The average molecular weight is 517 g/mol. The van der Waals surface area contributed by atoms with Gasteiger partial charge in [0.15, 0.2) is 6.29 Å². The minimum Gasteiger partial charge on any atom is -0.493 e. The quantitative estimate of drug-likeness (QED) is 0.0689. The highest BCUT2D eigenvalue weighted by molar-refractivity contribution is 5.81. The fraction of sp³-hybridized carbons (Fsp3) is 0.645. The van der Waals surface area contributed by atoms with Gasteiger partial charge >= 0.3 is 5.97 Å². The van der Waals surface area contributed by atoms with E-state index in [1.165, 1.54) is 55.4 Å². The van der Waals surface area contributed by atoms with Crippen LogP contribution in [-0.4, -0.2) is 43.8 Å².